The quantitative estimate of drug-likeness (QED) is 0.810. The maximum absolute atomic E-state index is 10.5. The standard InChI is InChI=1S/C19H29NO3/c1-22-17-9-15(10-18(11-17)23-2)19(21)12-20-16-5-3-4-14(8-16)13-6-7-13/h9-11,13-14,16,19-21H,3-8,12H2,1-2H3. The molecule has 0 aliphatic heterocycles. The Kier molecular flexibility index (Phi) is 5.44. The van der Waals surface area contributed by atoms with Crippen molar-refractivity contribution in [2.45, 2.75) is 50.7 Å². The summed E-state index contributed by atoms with van der Waals surface area (Å²) >= 11 is 0. The van der Waals surface area contributed by atoms with Gasteiger partial charge in [0.1, 0.15) is 11.5 Å². The molecule has 0 radical (unpaired) electrons. The minimum atomic E-state index is -0.541. The van der Waals surface area contributed by atoms with Gasteiger partial charge in [0.05, 0.1) is 20.3 Å². The molecule has 1 aromatic rings. The number of methoxy groups -OCH3 is 2. The maximum atomic E-state index is 10.5. The van der Waals surface area contributed by atoms with Gasteiger partial charge in [-0.05, 0) is 55.2 Å². The first-order valence-electron chi connectivity index (χ1n) is 8.84. The average molecular weight is 319 g/mol. The highest BCUT2D eigenvalue weighted by Gasteiger charge is 2.34. The fraction of sp³-hybridized carbons (Fsp3) is 0.684. The molecule has 2 aliphatic carbocycles. The minimum absolute atomic E-state index is 0.541. The molecule has 2 fully saturated rings. The van der Waals surface area contributed by atoms with E-state index < -0.39 is 6.10 Å². The number of benzene rings is 1. The third kappa shape index (κ3) is 4.39. The first-order chi connectivity index (χ1) is 11.2. The zero-order chi connectivity index (χ0) is 16.2. The second-order valence-electron chi connectivity index (χ2n) is 7.03. The first-order valence-corrected chi connectivity index (χ1v) is 8.84. The number of aliphatic hydroxyl groups is 1. The smallest absolute Gasteiger partial charge is 0.122 e. The highest BCUT2D eigenvalue weighted by molar-refractivity contribution is 5.39. The Morgan fingerprint density at radius 3 is 2.35 bits per heavy atom. The third-order valence-electron chi connectivity index (χ3n) is 5.36. The van der Waals surface area contributed by atoms with E-state index >= 15 is 0 Å². The van der Waals surface area contributed by atoms with Crippen molar-refractivity contribution in [2.75, 3.05) is 20.8 Å². The number of hydrogen-bond donors (Lipinski definition) is 2. The van der Waals surface area contributed by atoms with Crippen molar-refractivity contribution in [1.29, 1.82) is 0 Å². The number of aliphatic hydroxyl groups excluding tert-OH is 1. The molecule has 2 saturated carbocycles. The summed E-state index contributed by atoms with van der Waals surface area (Å²) < 4.78 is 10.6. The van der Waals surface area contributed by atoms with Gasteiger partial charge in [0.2, 0.25) is 0 Å². The van der Waals surface area contributed by atoms with Gasteiger partial charge in [-0.25, -0.2) is 0 Å². The Balaban J connectivity index is 1.55. The van der Waals surface area contributed by atoms with Crippen LogP contribution in [0.1, 0.15) is 50.2 Å². The monoisotopic (exact) mass is 319 g/mol. The van der Waals surface area contributed by atoms with Crippen LogP contribution < -0.4 is 14.8 Å². The topological polar surface area (TPSA) is 50.7 Å². The van der Waals surface area contributed by atoms with Crippen molar-refractivity contribution in [1.82, 2.24) is 5.32 Å². The van der Waals surface area contributed by atoms with E-state index in [4.69, 9.17) is 9.47 Å². The van der Waals surface area contributed by atoms with Crippen LogP contribution in [0.5, 0.6) is 11.5 Å². The van der Waals surface area contributed by atoms with Crippen molar-refractivity contribution in [3.05, 3.63) is 23.8 Å². The van der Waals surface area contributed by atoms with Gasteiger partial charge in [0, 0.05) is 18.7 Å². The van der Waals surface area contributed by atoms with E-state index in [-0.39, 0.29) is 0 Å². The Morgan fingerprint density at radius 1 is 1.04 bits per heavy atom. The van der Waals surface area contributed by atoms with Gasteiger partial charge in [-0.1, -0.05) is 12.8 Å². The highest BCUT2D eigenvalue weighted by Crippen LogP contribution is 2.43. The zero-order valence-electron chi connectivity index (χ0n) is 14.3. The second-order valence-corrected chi connectivity index (χ2v) is 7.03. The molecular formula is C19H29NO3. The lowest BCUT2D eigenvalue weighted by Crippen LogP contribution is -2.37. The predicted octanol–water partition coefficient (Wildman–Crippen LogP) is 3.30. The van der Waals surface area contributed by atoms with Crippen LogP contribution in [0.25, 0.3) is 0 Å². The lowest BCUT2D eigenvalue weighted by Gasteiger charge is -2.30. The van der Waals surface area contributed by atoms with E-state index in [1.54, 1.807) is 14.2 Å². The molecule has 0 spiro atoms. The SMILES string of the molecule is COc1cc(OC)cc(C(O)CNC2CCCC(C3CC3)C2)c1. The number of hydrogen-bond acceptors (Lipinski definition) is 4. The van der Waals surface area contributed by atoms with Crippen LogP contribution in [-0.4, -0.2) is 31.9 Å². The number of nitrogens with one attached hydrogen (secondary N) is 1. The van der Waals surface area contributed by atoms with E-state index in [0.29, 0.717) is 24.1 Å². The van der Waals surface area contributed by atoms with E-state index in [0.717, 1.165) is 17.4 Å². The molecule has 1 aromatic carbocycles. The van der Waals surface area contributed by atoms with Crippen molar-refractivity contribution in [2.24, 2.45) is 11.8 Å². The van der Waals surface area contributed by atoms with Crippen molar-refractivity contribution in [3.8, 4) is 11.5 Å². The van der Waals surface area contributed by atoms with E-state index in [1.165, 1.54) is 38.5 Å². The van der Waals surface area contributed by atoms with Crippen LogP contribution >= 0.6 is 0 Å². The normalized spacial score (nSPS) is 25.9. The molecule has 3 atom stereocenters. The van der Waals surface area contributed by atoms with Gasteiger partial charge in [-0.2, -0.15) is 0 Å². The van der Waals surface area contributed by atoms with Gasteiger partial charge < -0.3 is 19.9 Å². The molecule has 0 saturated heterocycles. The van der Waals surface area contributed by atoms with Crippen LogP contribution in [0, 0.1) is 11.8 Å². The van der Waals surface area contributed by atoms with Crippen molar-refractivity contribution < 1.29 is 14.6 Å². The molecule has 4 nitrogen and oxygen atoms in total. The molecule has 2 aliphatic rings. The minimum Gasteiger partial charge on any atom is -0.497 e. The lowest BCUT2D eigenvalue weighted by molar-refractivity contribution is 0.158. The largest absolute Gasteiger partial charge is 0.497 e. The molecule has 3 rings (SSSR count). The van der Waals surface area contributed by atoms with Gasteiger partial charge >= 0.3 is 0 Å². The van der Waals surface area contributed by atoms with E-state index in [9.17, 15) is 5.11 Å². The van der Waals surface area contributed by atoms with Gasteiger partial charge in [-0.15, -0.1) is 0 Å². The molecular weight excluding hydrogens is 290 g/mol. The van der Waals surface area contributed by atoms with Crippen LogP contribution in [0.3, 0.4) is 0 Å². The van der Waals surface area contributed by atoms with Crippen LogP contribution in [0.4, 0.5) is 0 Å². The van der Waals surface area contributed by atoms with Gasteiger partial charge in [-0.3, -0.25) is 0 Å². The summed E-state index contributed by atoms with van der Waals surface area (Å²) in [5.41, 5.74) is 0.836. The molecule has 3 unspecified atom stereocenters. The van der Waals surface area contributed by atoms with E-state index in [1.807, 2.05) is 18.2 Å². The van der Waals surface area contributed by atoms with Crippen LogP contribution in [-0.2, 0) is 0 Å². The molecule has 0 amide bonds. The van der Waals surface area contributed by atoms with Crippen LogP contribution in [0.2, 0.25) is 0 Å². The summed E-state index contributed by atoms with van der Waals surface area (Å²) in [6.45, 7) is 0.582. The van der Waals surface area contributed by atoms with Gasteiger partial charge in [0.25, 0.3) is 0 Å². The molecule has 23 heavy (non-hydrogen) atoms. The Bertz CT molecular complexity index is 493. The Labute approximate surface area is 139 Å². The van der Waals surface area contributed by atoms with Crippen molar-refractivity contribution >= 4 is 0 Å². The third-order valence-corrected chi connectivity index (χ3v) is 5.36. The predicted molar refractivity (Wildman–Crippen MR) is 91.0 cm³/mol. The van der Waals surface area contributed by atoms with Crippen LogP contribution in [0.15, 0.2) is 18.2 Å². The number of ether oxygens (including phenoxy) is 2. The van der Waals surface area contributed by atoms with E-state index in [2.05, 4.69) is 5.32 Å². The highest BCUT2D eigenvalue weighted by atomic mass is 16.5. The summed E-state index contributed by atoms with van der Waals surface area (Å²) in [7, 11) is 3.26. The molecule has 0 aromatic heterocycles. The molecule has 0 heterocycles. The summed E-state index contributed by atoms with van der Waals surface area (Å²) in [6, 6.07) is 6.13. The lowest BCUT2D eigenvalue weighted by atomic mass is 9.82. The van der Waals surface area contributed by atoms with Crippen molar-refractivity contribution in [3.63, 3.8) is 0 Å². The Hall–Kier alpha value is -1.26. The summed E-state index contributed by atoms with van der Waals surface area (Å²) in [4.78, 5) is 0. The molecule has 2 N–H and O–H groups in total. The average Bonchev–Trinajstić information content (AvgIpc) is 3.44. The molecule has 128 valence electrons. The Morgan fingerprint density at radius 2 is 1.74 bits per heavy atom. The molecule has 4 heteroatoms. The fourth-order valence-corrected chi connectivity index (χ4v) is 3.83. The maximum Gasteiger partial charge on any atom is 0.122 e. The summed E-state index contributed by atoms with van der Waals surface area (Å²) in [5, 5.41) is 14.1. The second kappa shape index (κ2) is 7.54. The molecule has 0 bridgehead atoms. The zero-order valence-corrected chi connectivity index (χ0v) is 14.3. The summed E-state index contributed by atoms with van der Waals surface area (Å²) in [6.07, 6.45) is 7.56. The van der Waals surface area contributed by atoms with Gasteiger partial charge in [0.15, 0.2) is 0 Å². The first kappa shape index (κ1) is 16.6. The fourth-order valence-electron chi connectivity index (χ4n) is 3.83. The summed E-state index contributed by atoms with van der Waals surface area (Å²) in [5.74, 6) is 3.33. The number of rotatable bonds is 7.